The lowest BCUT2D eigenvalue weighted by molar-refractivity contribution is -0.402. The molecule has 0 amide bonds. The average Bonchev–Trinajstić information content (AvgIpc) is 2.82. The molecule has 0 N–H and O–H groups in total. The second kappa shape index (κ2) is 5.11. The summed E-state index contributed by atoms with van der Waals surface area (Å²) in [6.45, 7) is -0.00674. The first-order valence-electron chi connectivity index (χ1n) is 5.05. The van der Waals surface area contributed by atoms with Gasteiger partial charge in [-0.2, -0.15) is 0 Å². The lowest BCUT2D eigenvalue weighted by atomic mass is 10.4. The molecule has 100 valence electrons. The molecule has 0 unspecified atom stereocenters. The number of hydrogen-bond acceptors (Lipinski definition) is 6. The summed E-state index contributed by atoms with van der Waals surface area (Å²) in [5.74, 6) is -0.234. The number of ether oxygens (including phenoxy) is 1. The van der Waals surface area contributed by atoms with Crippen molar-refractivity contribution < 1.29 is 14.1 Å². The lowest BCUT2D eigenvalue weighted by Gasteiger charge is -2.06. The van der Waals surface area contributed by atoms with Crippen molar-refractivity contribution in [2.75, 3.05) is 7.11 Å². The van der Waals surface area contributed by atoms with Crippen molar-refractivity contribution in [3.8, 4) is 5.75 Å². The van der Waals surface area contributed by atoms with E-state index in [1.165, 1.54) is 30.1 Å². The summed E-state index contributed by atoms with van der Waals surface area (Å²) in [5, 5.41) is 10.4. The maximum absolute atomic E-state index is 11.9. The first kappa shape index (κ1) is 13.1. The van der Waals surface area contributed by atoms with E-state index in [0.29, 0.717) is 0 Å². The van der Waals surface area contributed by atoms with Crippen LogP contribution >= 0.6 is 11.6 Å². The first-order chi connectivity index (χ1) is 9.02. The van der Waals surface area contributed by atoms with Gasteiger partial charge < -0.3 is 9.15 Å². The van der Waals surface area contributed by atoms with Gasteiger partial charge in [-0.1, -0.05) is 11.6 Å². The zero-order valence-electron chi connectivity index (χ0n) is 9.70. The summed E-state index contributed by atoms with van der Waals surface area (Å²) >= 11 is 5.69. The van der Waals surface area contributed by atoms with Gasteiger partial charge in [0.05, 0.1) is 26.0 Å². The van der Waals surface area contributed by atoms with E-state index >= 15 is 0 Å². The molecule has 0 saturated heterocycles. The van der Waals surface area contributed by atoms with Crippen molar-refractivity contribution in [2.24, 2.45) is 0 Å². The van der Waals surface area contributed by atoms with Crippen LogP contribution < -0.4 is 10.3 Å². The van der Waals surface area contributed by atoms with E-state index in [1.807, 2.05) is 0 Å². The molecule has 2 aromatic heterocycles. The van der Waals surface area contributed by atoms with E-state index in [1.54, 1.807) is 0 Å². The average molecular weight is 286 g/mol. The Morgan fingerprint density at radius 1 is 1.58 bits per heavy atom. The van der Waals surface area contributed by atoms with Crippen molar-refractivity contribution in [1.82, 2.24) is 9.55 Å². The molecule has 2 rings (SSSR count). The van der Waals surface area contributed by atoms with Gasteiger partial charge in [0.2, 0.25) is 5.75 Å². The minimum absolute atomic E-state index is 0.00674. The molecule has 0 fully saturated rings. The maximum atomic E-state index is 11.9. The van der Waals surface area contributed by atoms with Gasteiger partial charge in [0, 0.05) is 0 Å². The van der Waals surface area contributed by atoms with Crippen LogP contribution in [-0.4, -0.2) is 21.6 Å². The van der Waals surface area contributed by atoms with Gasteiger partial charge in [-0.15, -0.1) is 0 Å². The molecule has 0 aromatic carbocycles. The standard InChI is InChI=1S/C10H8ClN3O5/c1-18-8-9(11)12-5-13(10(8)15)4-6-2-3-7(19-6)14(16)17/h2-3,5H,4H2,1H3. The van der Waals surface area contributed by atoms with E-state index < -0.39 is 16.4 Å². The van der Waals surface area contributed by atoms with Crippen LogP contribution in [-0.2, 0) is 6.54 Å². The quantitative estimate of drug-likeness (QED) is 0.479. The monoisotopic (exact) mass is 285 g/mol. The smallest absolute Gasteiger partial charge is 0.433 e. The number of nitrogens with zero attached hydrogens (tertiary/aromatic N) is 3. The summed E-state index contributed by atoms with van der Waals surface area (Å²) in [6, 6.07) is 2.62. The van der Waals surface area contributed by atoms with E-state index in [2.05, 4.69) is 4.98 Å². The number of rotatable bonds is 4. The van der Waals surface area contributed by atoms with Crippen LogP contribution in [0.1, 0.15) is 5.76 Å². The van der Waals surface area contributed by atoms with Crippen molar-refractivity contribution in [1.29, 1.82) is 0 Å². The fourth-order valence-electron chi connectivity index (χ4n) is 1.45. The lowest BCUT2D eigenvalue weighted by Crippen LogP contribution is -2.22. The molecule has 0 bridgehead atoms. The van der Waals surface area contributed by atoms with Crippen LogP contribution in [0.25, 0.3) is 0 Å². The molecule has 19 heavy (non-hydrogen) atoms. The summed E-state index contributed by atoms with van der Waals surface area (Å²) in [7, 11) is 1.30. The summed E-state index contributed by atoms with van der Waals surface area (Å²) in [5.41, 5.74) is -0.499. The Morgan fingerprint density at radius 3 is 2.89 bits per heavy atom. The van der Waals surface area contributed by atoms with Crippen molar-refractivity contribution in [3.05, 3.63) is 49.8 Å². The van der Waals surface area contributed by atoms with Crippen molar-refractivity contribution in [3.63, 3.8) is 0 Å². The summed E-state index contributed by atoms with van der Waals surface area (Å²) in [6.07, 6.45) is 1.21. The molecule has 2 aromatic rings. The third-order valence-electron chi connectivity index (χ3n) is 2.31. The van der Waals surface area contributed by atoms with Gasteiger partial charge >= 0.3 is 5.88 Å². The Bertz CT molecular complexity index is 678. The Hall–Kier alpha value is -2.35. The first-order valence-corrected chi connectivity index (χ1v) is 5.42. The second-order valence-corrected chi connectivity index (χ2v) is 3.86. The highest BCUT2D eigenvalue weighted by Crippen LogP contribution is 2.18. The number of nitro groups is 1. The minimum atomic E-state index is -0.660. The number of aromatic nitrogens is 2. The molecule has 0 spiro atoms. The third kappa shape index (κ3) is 2.58. The van der Waals surface area contributed by atoms with Crippen LogP contribution in [0.15, 0.2) is 27.7 Å². The number of furan rings is 1. The normalized spacial score (nSPS) is 10.4. The van der Waals surface area contributed by atoms with E-state index in [4.69, 9.17) is 20.8 Å². The predicted octanol–water partition coefficient (Wildman–Crippen LogP) is 1.45. The summed E-state index contributed by atoms with van der Waals surface area (Å²) < 4.78 is 11.0. The number of methoxy groups -OCH3 is 1. The Labute approximate surface area is 111 Å². The molecule has 0 aliphatic carbocycles. The van der Waals surface area contributed by atoms with Gasteiger partial charge in [0.25, 0.3) is 5.56 Å². The molecule has 0 aliphatic heterocycles. The zero-order valence-corrected chi connectivity index (χ0v) is 10.5. The highest BCUT2D eigenvalue weighted by molar-refractivity contribution is 6.30. The molecule has 0 aliphatic rings. The van der Waals surface area contributed by atoms with E-state index in [9.17, 15) is 14.9 Å². The molecule has 9 heteroatoms. The fraction of sp³-hybridized carbons (Fsp3) is 0.200. The van der Waals surface area contributed by atoms with Crippen LogP contribution in [0.2, 0.25) is 5.15 Å². The Kier molecular flexibility index (Phi) is 3.52. The van der Waals surface area contributed by atoms with Gasteiger partial charge in [0.1, 0.15) is 10.7 Å². The fourth-order valence-corrected chi connectivity index (χ4v) is 1.65. The zero-order chi connectivity index (χ0) is 14.0. The van der Waals surface area contributed by atoms with Gasteiger partial charge in [-0.3, -0.25) is 19.5 Å². The second-order valence-electron chi connectivity index (χ2n) is 3.50. The number of hydrogen-bond donors (Lipinski definition) is 0. The predicted molar refractivity (Wildman–Crippen MR) is 64.5 cm³/mol. The number of halogens is 1. The molecular weight excluding hydrogens is 278 g/mol. The van der Waals surface area contributed by atoms with E-state index in [-0.39, 0.29) is 23.2 Å². The molecule has 0 saturated carbocycles. The van der Waals surface area contributed by atoms with Crippen molar-refractivity contribution >= 4 is 17.5 Å². The Morgan fingerprint density at radius 2 is 2.32 bits per heavy atom. The molecule has 0 atom stereocenters. The molecule has 0 radical (unpaired) electrons. The summed E-state index contributed by atoms with van der Waals surface area (Å²) in [4.78, 5) is 25.5. The highest BCUT2D eigenvalue weighted by Gasteiger charge is 2.15. The minimum Gasteiger partial charge on any atom is -0.489 e. The van der Waals surface area contributed by atoms with Gasteiger partial charge in [-0.05, 0) is 6.07 Å². The largest absolute Gasteiger partial charge is 0.489 e. The van der Waals surface area contributed by atoms with Crippen LogP contribution in [0, 0.1) is 10.1 Å². The van der Waals surface area contributed by atoms with Gasteiger partial charge in [-0.25, -0.2) is 4.98 Å². The van der Waals surface area contributed by atoms with Crippen molar-refractivity contribution in [2.45, 2.75) is 6.54 Å². The molecule has 8 nitrogen and oxygen atoms in total. The topological polar surface area (TPSA) is 100 Å². The van der Waals surface area contributed by atoms with Crippen LogP contribution in [0.5, 0.6) is 5.75 Å². The van der Waals surface area contributed by atoms with Gasteiger partial charge in [0.15, 0.2) is 5.15 Å². The molecular formula is C10H8ClN3O5. The molecule has 2 heterocycles. The third-order valence-corrected chi connectivity index (χ3v) is 2.58. The maximum Gasteiger partial charge on any atom is 0.433 e. The Balaban J connectivity index is 2.33. The highest BCUT2D eigenvalue weighted by atomic mass is 35.5. The van der Waals surface area contributed by atoms with Crippen LogP contribution in [0.3, 0.4) is 0 Å². The van der Waals surface area contributed by atoms with Crippen LogP contribution in [0.4, 0.5) is 5.88 Å². The van der Waals surface area contributed by atoms with E-state index in [0.717, 1.165) is 0 Å². The SMILES string of the molecule is COc1c(Cl)ncn(Cc2ccc([N+](=O)[O-])o2)c1=O.